The van der Waals surface area contributed by atoms with E-state index in [0.29, 0.717) is 0 Å². The van der Waals surface area contributed by atoms with Gasteiger partial charge in [0.2, 0.25) is 0 Å². The molecule has 0 nitrogen and oxygen atoms in total. The highest BCUT2D eigenvalue weighted by Crippen LogP contribution is 2.34. The van der Waals surface area contributed by atoms with Gasteiger partial charge in [0.25, 0.3) is 0 Å². The van der Waals surface area contributed by atoms with E-state index in [2.05, 4.69) is 80.2 Å². The fourth-order valence-electron chi connectivity index (χ4n) is 2.08. The van der Waals surface area contributed by atoms with Crippen LogP contribution in [-0.2, 0) is 0 Å². The average molecular weight is 341 g/mol. The van der Waals surface area contributed by atoms with Crippen molar-refractivity contribution in [1.29, 1.82) is 0 Å². The van der Waals surface area contributed by atoms with Crippen molar-refractivity contribution in [2.45, 2.75) is 31.4 Å². The fraction of sp³-hybridized carbons (Fsp3) is 0.0526. The maximum absolute atomic E-state index is 4.38. The zero-order valence-electron chi connectivity index (χ0n) is 12.2. The van der Waals surface area contributed by atoms with Gasteiger partial charge >= 0.3 is 0 Å². The molecular weight excluding hydrogens is 324 g/mol. The molecule has 0 aromatic heterocycles. The summed E-state index contributed by atoms with van der Waals surface area (Å²) in [5, 5.41) is 0. The molecule has 0 fully saturated rings. The third-order valence-electron chi connectivity index (χ3n) is 3.19. The van der Waals surface area contributed by atoms with Crippen LogP contribution < -0.4 is 0 Å². The molecule has 0 atom stereocenters. The van der Waals surface area contributed by atoms with E-state index in [-0.39, 0.29) is 0 Å². The molecule has 0 unspecified atom stereocenters. The summed E-state index contributed by atoms with van der Waals surface area (Å²) in [6, 6.07) is 25.5. The van der Waals surface area contributed by atoms with Crippen LogP contribution >= 0.6 is 36.2 Å². The second-order valence-electron chi connectivity index (χ2n) is 4.94. The standard InChI is InChI=1S/C19H16S3/c1-14-13-15(20)7-12-19(14)22-18-10-8-17(9-11-18)21-16-5-3-2-4-6-16/h2-13,20H,1H3. The van der Waals surface area contributed by atoms with Gasteiger partial charge in [-0.2, -0.15) is 0 Å². The molecule has 22 heavy (non-hydrogen) atoms. The van der Waals surface area contributed by atoms with Crippen molar-refractivity contribution < 1.29 is 0 Å². The minimum atomic E-state index is 1.01. The van der Waals surface area contributed by atoms with Crippen LogP contribution in [0.4, 0.5) is 0 Å². The van der Waals surface area contributed by atoms with E-state index in [1.807, 2.05) is 12.1 Å². The molecule has 0 spiro atoms. The predicted octanol–water partition coefficient (Wildman–Crippen LogP) is 6.59. The zero-order chi connectivity index (χ0) is 15.4. The van der Waals surface area contributed by atoms with Crippen LogP contribution in [0.3, 0.4) is 0 Å². The van der Waals surface area contributed by atoms with Crippen molar-refractivity contribution >= 4 is 36.2 Å². The van der Waals surface area contributed by atoms with E-state index in [9.17, 15) is 0 Å². The van der Waals surface area contributed by atoms with E-state index in [0.717, 1.165) is 4.90 Å². The molecule has 0 aliphatic carbocycles. The lowest BCUT2D eigenvalue weighted by atomic mass is 10.2. The Morgan fingerprint density at radius 3 is 1.91 bits per heavy atom. The first-order valence-electron chi connectivity index (χ1n) is 7.01. The summed E-state index contributed by atoms with van der Waals surface area (Å²) in [7, 11) is 0. The van der Waals surface area contributed by atoms with E-state index in [4.69, 9.17) is 0 Å². The van der Waals surface area contributed by atoms with Crippen LogP contribution in [0.1, 0.15) is 5.56 Å². The number of thiol groups is 1. The Labute approximate surface area is 145 Å². The number of hydrogen-bond donors (Lipinski definition) is 1. The molecule has 0 radical (unpaired) electrons. The summed E-state index contributed by atoms with van der Waals surface area (Å²) in [5.41, 5.74) is 1.26. The van der Waals surface area contributed by atoms with Crippen LogP contribution in [-0.4, -0.2) is 0 Å². The number of aryl methyl sites for hydroxylation is 1. The lowest BCUT2D eigenvalue weighted by Gasteiger charge is -2.07. The highest BCUT2D eigenvalue weighted by Gasteiger charge is 2.03. The molecule has 0 aliphatic rings. The summed E-state index contributed by atoms with van der Waals surface area (Å²) < 4.78 is 0. The van der Waals surface area contributed by atoms with Gasteiger partial charge in [-0.25, -0.2) is 0 Å². The zero-order valence-corrected chi connectivity index (χ0v) is 14.7. The third kappa shape index (κ3) is 4.13. The molecule has 110 valence electrons. The minimum Gasteiger partial charge on any atom is -0.143 e. The van der Waals surface area contributed by atoms with Crippen molar-refractivity contribution in [3.8, 4) is 0 Å². The number of rotatable bonds is 4. The van der Waals surface area contributed by atoms with E-state index in [1.54, 1.807) is 23.5 Å². The molecular formula is C19H16S3. The van der Waals surface area contributed by atoms with Gasteiger partial charge in [0.05, 0.1) is 0 Å². The smallest absolute Gasteiger partial charge is 0.0152 e. The van der Waals surface area contributed by atoms with Crippen molar-refractivity contribution in [2.24, 2.45) is 0 Å². The molecule has 0 amide bonds. The van der Waals surface area contributed by atoms with Gasteiger partial charge in [-0.1, -0.05) is 41.7 Å². The van der Waals surface area contributed by atoms with Crippen LogP contribution in [0, 0.1) is 6.92 Å². The summed E-state index contributed by atoms with van der Waals surface area (Å²) in [6.45, 7) is 2.13. The first-order valence-corrected chi connectivity index (χ1v) is 9.09. The number of hydrogen-bond acceptors (Lipinski definition) is 3. The second kappa shape index (κ2) is 7.32. The fourth-order valence-corrected chi connectivity index (χ4v) is 4.06. The molecule has 0 bridgehead atoms. The molecule has 0 saturated carbocycles. The van der Waals surface area contributed by atoms with Crippen molar-refractivity contribution in [3.63, 3.8) is 0 Å². The van der Waals surface area contributed by atoms with E-state index < -0.39 is 0 Å². The van der Waals surface area contributed by atoms with E-state index in [1.165, 1.54) is 25.1 Å². The second-order valence-corrected chi connectivity index (χ2v) is 7.72. The van der Waals surface area contributed by atoms with Crippen molar-refractivity contribution in [3.05, 3.63) is 78.4 Å². The summed E-state index contributed by atoms with van der Waals surface area (Å²) in [4.78, 5) is 6.08. The lowest BCUT2D eigenvalue weighted by molar-refractivity contribution is 1.24. The predicted molar refractivity (Wildman–Crippen MR) is 99.6 cm³/mol. The van der Waals surface area contributed by atoms with Crippen LogP contribution in [0.5, 0.6) is 0 Å². The Bertz CT molecular complexity index is 749. The van der Waals surface area contributed by atoms with E-state index >= 15 is 0 Å². The highest BCUT2D eigenvalue weighted by atomic mass is 32.2. The van der Waals surface area contributed by atoms with Gasteiger partial charge in [-0.15, -0.1) is 12.6 Å². The van der Waals surface area contributed by atoms with Gasteiger partial charge in [0.1, 0.15) is 0 Å². The Hall–Kier alpha value is -1.29. The van der Waals surface area contributed by atoms with Gasteiger partial charge in [-0.05, 0) is 67.1 Å². The molecule has 3 rings (SSSR count). The Morgan fingerprint density at radius 1 is 0.682 bits per heavy atom. The first-order chi connectivity index (χ1) is 10.7. The van der Waals surface area contributed by atoms with Gasteiger partial charge in [0.15, 0.2) is 0 Å². The minimum absolute atomic E-state index is 1.01. The maximum Gasteiger partial charge on any atom is 0.0152 e. The van der Waals surface area contributed by atoms with Crippen LogP contribution in [0.25, 0.3) is 0 Å². The molecule has 3 heteroatoms. The topological polar surface area (TPSA) is 0 Å². The Kier molecular flexibility index (Phi) is 5.19. The monoisotopic (exact) mass is 340 g/mol. The molecule has 0 saturated heterocycles. The maximum atomic E-state index is 4.38. The lowest BCUT2D eigenvalue weighted by Crippen LogP contribution is -1.80. The first kappa shape index (κ1) is 15.6. The summed E-state index contributed by atoms with van der Waals surface area (Å²) >= 11 is 7.96. The van der Waals surface area contributed by atoms with Gasteiger partial charge < -0.3 is 0 Å². The summed E-state index contributed by atoms with van der Waals surface area (Å²) in [6.07, 6.45) is 0. The Morgan fingerprint density at radius 2 is 1.27 bits per heavy atom. The SMILES string of the molecule is Cc1cc(S)ccc1Sc1ccc(Sc2ccccc2)cc1. The highest BCUT2D eigenvalue weighted by molar-refractivity contribution is 7.99. The van der Waals surface area contributed by atoms with Crippen LogP contribution in [0.2, 0.25) is 0 Å². The molecule has 0 N–H and O–H groups in total. The molecule has 0 heterocycles. The average Bonchev–Trinajstić information content (AvgIpc) is 2.53. The molecule has 3 aromatic rings. The van der Waals surface area contributed by atoms with Crippen molar-refractivity contribution in [1.82, 2.24) is 0 Å². The quantitative estimate of drug-likeness (QED) is 0.532. The third-order valence-corrected chi connectivity index (χ3v) is 5.67. The van der Waals surface area contributed by atoms with Crippen LogP contribution in [0.15, 0.2) is 97.3 Å². The van der Waals surface area contributed by atoms with Gasteiger partial charge in [0, 0.05) is 24.5 Å². The number of benzene rings is 3. The Balaban J connectivity index is 1.71. The molecule has 0 aliphatic heterocycles. The normalized spacial score (nSPS) is 10.6. The largest absolute Gasteiger partial charge is 0.143 e. The summed E-state index contributed by atoms with van der Waals surface area (Å²) in [5.74, 6) is 0. The van der Waals surface area contributed by atoms with Crippen molar-refractivity contribution in [2.75, 3.05) is 0 Å². The van der Waals surface area contributed by atoms with Gasteiger partial charge in [-0.3, -0.25) is 0 Å². The molecule has 3 aromatic carbocycles.